The van der Waals surface area contributed by atoms with Crippen molar-refractivity contribution in [2.24, 2.45) is 0 Å². The summed E-state index contributed by atoms with van der Waals surface area (Å²) in [7, 11) is 0. The molecule has 7 heteroatoms. The van der Waals surface area contributed by atoms with E-state index in [1.807, 2.05) is 6.07 Å². The third-order valence-corrected chi connectivity index (χ3v) is 3.39. The third kappa shape index (κ3) is 3.09. The molecule has 0 spiro atoms. The molecule has 1 amide bonds. The van der Waals surface area contributed by atoms with Crippen LogP contribution in [0.5, 0.6) is 0 Å². The van der Waals surface area contributed by atoms with E-state index in [4.69, 9.17) is 0 Å². The van der Waals surface area contributed by atoms with E-state index >= 15 is 0 Å². The van der Waals surface area contributed by atoms with Crippen LogP contribution in [0.4, 0.5) is 5.95 Å². The van der Waals surface area contributed by atoms with Gasteiger partial charge in [-0.15, -0.1) is 0 Å². The van der Waals surface area contributed by atoms with Gasteiger partial charge in [0, 0.05) is 22.2 Å². The van der Waals surface area contributed by atoms with E-state index in [-0.39, 0.29) is 11.9 Å². The second kappa shape index (κ2) is 6.67. The number of tetrazole rings is 1. The minimum atomic E-state index is -0.325. The highest BCUT2D eigenvalue weighted by Crippen LogP contribution is 2.27. The molecule has 0 aliphatic carbocycles. The van der Waals surface area contributed by atoms with E-state index in [0.29, 0.717) is 5.56 Å². The molecule has 0 aliphatic rings. The molecule has 0 radical (unpaired) electrons. The van der Waals surface area contributed by atoms with Crippen molar-refractivity contribution < 1.29 is 4.79 Å². The van der Waals surface area contributed by atoms with Gasteiger partial charge >= 0.3 is 0 Å². The lowest BCUT2D eigenvalue weighted by molar-refractivity contribution is 0.102. The number of benzene rings is 1. The summed E-state index contributed by atoms with van der Waals surface area (Å²) < 4.78 is 1.27. The summed E-state index contributed by atoms with van der Waals surface area (Å²) >= 11 is 1.42. The Hall–Kier alpha value is -2.67. The highest BCUT2D eigenvalue weighted by atomic mass is 32.2. The maximum absolute atomic E-state index is 12.4. The Labute approximate surface area is 126 Å². The van der Waals surface area contributed by atoms with E-state index in [1.165, 1.54) is 22.6 Å². The Balaban J connectivity index is 2.35. The third-order valence-electron chi connectivity index (χ3n) is 2.62. The fourth-order valence-electron chi connectivity index (χ4n) is 1.71. The Morgan fingerprint density at radius 1 is 1.33 bits per heavy atom. The molecule has 0 saturated heterocycles. The lowest BCUT2D eigenvalue weighted by Crippen LogP contribution is -2.16. The number of carbonyl (C=O) groups excluding carboxylic acids is 1. The number of hydrogen-bond acceptors (Lipinski definition) is 5. The molecule has 0 unspecified atom stereocenters. The molecule has 0 fully saturated rings. The van der Waals surface area contributed by atoms with Crippen molar-refractivity contribution >= 4 is 35.9 Å². The molecule has 0 aliphatic heterocycles. The van der Waals surface area contributed by atoms with Gasteiger partial charge in [0.2, 0.25) is 0 Å². The van der Waals surface area contributed by atoms with Crippen molar-refractivity contribution in [3.8, 4) is 0 Å². The first kappa shape index (κ1) is 14.7. The fraction of sp³-hybridized carbons (Fsp3) is 0. The zero-order valence-electron chi connectivity index (χ0n) is 11.2. The van der Waals surface area contributed by atoms with Crippen molar-refractivity contribution in [1.82, 2.24) is 20.2 Å². The zero-order valence-corrected chi connectivity index (χ0v) is 12.0. The lowest BCUT2D eigenvalue weighted by atomic mass is 10.1. The minimum absolute atomic E-state index is 0.201. The molecule has 0 bridgehead atoms. The second-order valence-electron chi connectivity index (χ2n) is 3.79. The maximum atomic E-state index is 12.4. The van der Waals surface area contributed by atoms with Crippen molar-refractivity contribution in [3.63, 3.8) is 0 Å². The van der Waals surface area contributed by atoms with Gasteiger partial charge in [-0.3, -0.25) is 10.1 Å². The quantitative estimate of drug-likeness (QED) is 0.830. The first-order valence-electron chi connectivity index (χ1n) is 5.96. The molecule has 1 N–H and O–H groups in total. The molecule has 1 aromatic heterocycles. The molecule has 0 atom stereocenters. The Kier molecular flexibility index (Phi) is 4.68. The molecule has 0 saturated carbocycles. The predicted molar refractivity (Wildman–Crippen MR) is 84.7 cm³/mol. The van der Waals surface area contributed by atoms with E-state index in [2.05, 4.69) is 40.6 Å². The molecule has 2 aromatic rings. The number of thioether (sulfide) groups is 1. The summed E-state index contributed by atoms with van der Waals surface area (Å²) in [6, 6.07) is 5.40. The predicted octanol–water partition coefficient (Wildman–Crippen LogP) is 2.90. The van der Waals surface area contributed by atoms with Crippen LogP contribution in [0, 0.1) is 0 Å². The number of nitrogens with one attached hydrogen (secondary N) is 1. The zero-order chi connectivity index (χ0) is 15.2. The van der Waals surface area contributed by atoms with Crippen LogP contribution in [-0.4, -0.2) is 26.1 Å². The van der Waals surface area contributed by atoms with Gasteiger partial charge in [-0.1, -0.05) is 48.7 Å². The van der Waals surface area contributed by atoms with Gasteiger partial charge in [-0.2, -0.15) is 4.68 Å². The summed E-state index contributed by atoms with van der Waals surface area (Å²) in [5.74, 6) is -0.124. The Morgan fingerprint density at radius 2 is 2.14 bits per heavy atom. The number of nitrogens with zero attached hydrogens (tertiary/aromatic N) is 4. The molecule has 1 aromatic carbocycles. The van der Waals surface area contributed by atoms with E-state index in [9.17, 15) is 4.79 Å². The lowest BCUT2D eigenvalue weighted by Gasteiger charge is -2.09. The van der Waals surface area contributed by atoms with E-state index in [1.54, 1.807) is 23.6 Å². The standard InChI is InChI=1S/C14H13N5OS/c1-4-10-11(8-7-9-12(10)21-6-3)13(20)15-14-16-17-18-19(14)5-2/h4-9H,1-3H2,(H,15,16,18,20). The summed E-state index contributed by atoms with van der Waals surface area (Å²) in [5.41, 5.74) is 1.22. The Bertz CT molecular complexity index is 707. The van der Waals surface area contributed by atoms with Crippen molar-refractivity contribution in [1.29, 1.82) is 0 Å². The molecule has 6 nitrogen and oxygen atoms in total. The van der Waals surface area contributed by atoms with Crippen LogP contribution in [0.1, 0.15) is 15.9 Å². The number of carbonyl (C=O) groups is 1. The molecule has 106 valence electrons. The van der Waals surface area contributed by atoms with Gasteiger partial charge < -0.3 is 0 Å². The second-order valence-corrected chi connectivity index (χ2v) is 4.80. The van der Waals surface area contributed by atoms with E-state index < -0.39 is 0 Å². The highest BCUT2D eigenvalue weighted by molar-refractivity contribution is 8.02. The van der Waals surface area contributed by atoms with Gasteiger partial charge in [0.1, 0.15) is 0 Å². The number of hydrogen-bond donors (Lipinski definition) is 1. The minimum Gasteiger partial charge on any atom is -0.289 e. The first-order chi connectivity index (χ1) is 10.2. The van der Waals surface area contributed by atoms with Gasteiger partial charge in [0.25, 0.3) is 11.9 Å². The largest absolute Gasteiger partial charge is 0.289 e. The average molecular weight is 299 g/mol. The van der Waals surface area contributed by atoms with Crippen LogP contribution in [0.25, 0.3) is 12.3 Å². The summed E-state index contributed by atoms with van der Waals surface area (Å²) in [5, 5.41) is 15.2. The van der Waals surface area contributed by atoms with Crippen LogP contribution in [0.15, 0.2) is 48.2 Å². The van der Waals surface area contributed by atoms with Gasteiger partial charge in [-0.05, 0) is 28.0 Å². The normalized spacial score (nSPS) is 9.90. The number of aromatic nitrogens is 4. The first-order valence-corrected chi connectivity index (χ1v) is 6.84. The molecular formula is C14H13N5OS. The van der Waals surface area contributed by atoms with Crippen molar-refractivity contribution in [3.05, 3.63) is 54.5 Å². The van der Waals surface area contributed by atoms with Crippen LogP contribution in [0.2, 0.25) is 0 Å². The average Bonchev–Trinajstić information content (AvgIpc) is 2.94. The van der Waals surface area contributed by atoms with Crippen molar-refractivity contribution in [2.75, 3.05) is 5.32 Å². The fourth-order valence-corrected chi connectivity index (χ4v) is 2.37. The summed E-state index contributed by atoms with van der Waals surface area (Å²) in [4.78, 5) is 13.3. The number of rotatable bonds is 6. The van der Waals surface area contributed by atoms with Crippen LogP contribution >= 0.6 is 11.8 Å². The van der Waals surface area contributed by atoms with Crippen LogP contribution in [-0.2, 0) is 0 Å². The molecule has 2 rings (SSSR count). The van der Waals surface area contributed by atoms with Gasteiger partial charge in [-0.25, -0.2) is 0 Å². The highest BCUT2D eigenvalue weighted by Gasteiger charge is 2.15. The van der Waals surface area contributed by atoms with Crippen LogP contribution in [0.3, 0.4) is 0 Å². The van der Waals surface area contributed by atoms with Gasteiger partial charge in [0.15, 0.2) is 0 Å². The van der Waals surface area contributed by atoms with E-state index in [0.717, 1.165) is 10.5 Å². The number of amides is 1. The van der Waals surface area contributed by atoms with Gasteiger partial charge in [0.05, 0.1) is 0 Å². The maximum Gasteiger partial charge on any atom is 0.258 e. The monoisotopic (exact) mass is 299 g/mol. The van der Waals surface area contributed by atoms with Crippen molar-refractivity contribution in [2.45, 2.75) is 4.90 Å². The molecular weight excluding hydrogens is 286 g/mol. The molecule has 21 heavy (non-hydrogen) atoms. The summed E-state index contributed by atoms with van der Waals surface area (Å²) in [6.45, 7) is 11.0. The SMILES string of the molecule is C=CSc1cccc(C(=O)Nc2nnnn2C=C)c1C=C. The number of anilines is 1. The smallest absolute Gasteiger partial charge is 0.258 e. The van der Waals surface area contributed by atoms with Crippen LogP contribution < -0.4 is 5.32 Å². The molecule has 1 heterocycles. The topological polar surface area (TPSA) is 72.7 Å². The Morgan fingerprint density at radius 3 is 2.81 bits per heavy atom. The summed E-state index contributed by atoms with van der Waals surface area (Å²) in [6.07, 6.45) is 3.03.